The van der Waals surface area contributed by atoms with Crippen LogP contribution in [-0.4, -0.2) is 14.5 Å². The molecule has 0 atom stereocenters. The third-order valence-electron chi connectivity index (χ3n) is 4.08. The summed E-state index contributed by atoms with van der Waals surface area (Å²) in [5.41, 5.74) is 2.67. The topological polar surface area (TPSA) is 50.7 Å². The van der Waals surface area contributed by atoms with E-state index in [1.54, 1.807) is 12.5 Å². The van der Waals surface area contributed by atoms with E-state index in [-0.39, 0.29) is 11.5 Å². The van der Waals surface area contributed by atoms with Gasteiger partial charge in [-0.15, -0.1) is 6.42 Å². The maximum absolute atomic E-state index is 13.0. The van der Waals surface area contributed by atoms with E-state index < -0.39 is 0 Å². The summed E-state index contributed by atoms with van der Waals surface area (Å²) in [7, 11) is 0. The number of aromatic nitrogens is 3. The van der Waals surface area contributed by atoms with Gasteiger partial charge >= 0.3 is 0 Å². The molecule has 4 nitrogen and oxygen atoms in total. The van der Waals surface area contributed by atoms with Gasteiger partial charge in [0.2, 0.25) is 0 Å². The first-order valence-corrected chi connectivity index (χ1v) is 7.72. The largest absolute Gasteiger partial charge is 0.348 e. The minimum atomic E-state index is -0.0146. The van der Waals surface area contributed by atoms with E-state index in [1.165, 1.54) is 0 Å². The molecule has 116 valence electrons. The average molecular weight is 305 g/mol. The number of H-pyrrole nitrogens is 1. The van der Waals surface area contributed by atoms with Crippen molar-refractivity contribution in [2.24, 2.45) is 0 Å². The summed E-state index contributed by atoms with van der Waals surface area (Å²) in [4.78, 5) is 20.1. The number of hydrogen-bond donors (Lipinski definition) is 1. The Bertz CT molecular complexity index is 928. The van der Waals surface area contributed by atoms with E-state index >= 15 is 0 Å². The highest BCUT2D eigenvalue weighted by Crippen LogP contribution is 2.21. The van der Waals surface area contributed by atoms with Crippen molar-refractivity contribution < 1.29 is 0 Å². The van der Waals surface area contributed by atoms with E-state index in [0.29, 0.717) is 17.5 Å². The van der Waals surface area contributed by atoms with Gasteiger partial charge in [0, 0.05) is 36.1 Å². The first-order chi connectivity index (χ1) is 11.1. The van der Waals surface area contributed by atoms with Gasteiger partial charge < -0.3 is 9.55 Å². The molecule has 3 aromatic rings. The van der Waals surface area contributed by atoms with Crippen molar-refractivity contribution in [3.05, 3.63) is 64.1 Å². The number of nitrogens with one attached hydrogen (secondary N) is 1. The third-order valence-corrected chi connectivity index (χ3v) is 4.08. The van der Waals surface area contributed by atoms with Crippen LogP contribution >= 0.6 is 0 Å². The Morgan fingerprint density at radius 1 is 1.39 bits per heavy atom. The third kappa shape index (κ3) is 2.78. The van der Waals surface area contributed by atoms with Crippen molar-refractivity contribution in [3.8, 4) is 12.3 Å². The van der Waals surface area contributed by atoms with Crippen molar-refractivity contribution in [3.63, 3.8) is 0 Å². The Balaban J connectivity index is 2.17. The molecular formula is C19H19N3O. The fourth-order valence-electron chi connectivity index (χ4n) is 2.90. The summed E-state index contributed by atoms with van der Waals surface area (Å²) in [5.74, 6) is 2.88. The van der Waals surface area contributed by atoms with Gasteiger partial charge in [-0.25, -0.2) is 4.98 Å². The molecule has 2 heterocycles. The van der Waals surface area contributed by atoms with Crippen LogP contribution in [0.5, 0.6) is 0 Å². The molecule has 0 spiro atoms. The number of nitrogens with zero attached hydrogens (tertiary/aromatic N) is 2. The maximum Gasteiger partial charge on any atom is 0.259 e. The summed E-state index contributed by atoms with van der Waals surface area (Å²) in [6, 6.07) is 7.74. The monoisotopic (exact) mass is 305 g/mol. The van der Waals surface area contributed by atoms with Gasteiger partial charge in [-0.2, -0.15) is 0 Å². The second kappa shape index (κ2) is 6.13. The molecule has 0 saturated carbocycles. The molecule has 2 aromatic heterocycles. The molecule has 23 heavy (non-hydrogen) atoms. The van der Waals surface area contributed by atoms with Crippen LogP contribution in [0, 0.1) is 12.3 Å². The quantitative estimate of drug-likeness (QED) is 0.753. The zero-order valence-electron chi connectivity index (χ0n) is 13.3. The highest BCUT2D eigenvalue weighted by molar-refractivity contribution is 5.87. The Morgan fingerprint density at radius 2 is 2.22 bits per heavy atom. The summed E-state index contributed by atoms with van der Waals surface area (Å²) < 4.78 is 1.84. The Labute approximate surface area is 135 Å². The molecule has 0 unspecified atom stereocenters. The van der Waals surface area contributed by atoms with Gasteiger partial charge in [-0.1, -0.05) is 31.9 Å². The second-order valence-corrected chi connectivity index (χ2v) is 5.92. The van der Waals surface area contributed by atoms with Crippen molar-refractivity contribution in [1.82, 2.24) is 14.5 Å². The standard InChI is InChI=1S/C19H19N3O/c1-4-14-6-5-7-15-10-17(13(2)3)22(19(23)18(14)15)9-8-16-11-20-12-21-16/h1,5-7,10-13H,8-9H2,2-3H3,(H,20,21). The molecule has 0 saturated heterocycles. The van der Waals surface area contributed by atoms with Crippen LogP contribution in [0.2, 0.25) is 0 Å². The minimum Gasteiger partial charge on any atom is -0.348 e. The van der Waals surface area contributed by atoms with Gasteiger partial charge in [0.05, 0.1) is 11.7 Å². The number of rotatable bonds is 4. The first-order valence-electron chi connectivity index (χ1n) is 7.72. The van der Waals surface area contributed by atoms with Gasteiger partial charge in [0.25, 0.3) is 5.56 Å². The number of aryl methyl sites for hydroxylation is 1. The maximum atomic E-state index is 13.0. The van der Waals surface area contributed by atoms with E-state index in [4.69, 9.17) is 6.42 Å². The van der Waals surface area contributed by atoms with Crippen LogP contribution in [-0.2, 0) is 13.0 Å². The number of terminal acetylenes is 1. The smallest absolute Gasteiger partial charge is 0.259 e. The number of imidazole rings is 1. The predicted octanol–water partition coefficient (Wildman–Crippen LogP) is 3.07. The number of hydrogen-bond acceptors (Lipinski definition) is 2. The zero-order chi connectivity index (χ0) is 16.4. The average Bonchev–Trinajstić information content (AvgIpc) is 3.06. The highest BCUT2D eigenvalue weighted by Gasteiger charge is 2.14. The molecule has 0 aliphatic rings. The Morgan fingerprint density at radius 3 is 2.87 bits per heavy atom. The lowest BCUT2D eigenvalue weighted by Gasteiger charge is -2.17. The molecule has 0 radical (unpaired) electrons. The van der Waals surface area contributed by atoms with Crippen LogP contribution in [0.25, 0.3) is 10.8 Å². The molecule has 0 aliphatic carbocycles. The minimum absolute atomic E-state index is 0.0146. The normalized spacial score (nSPS) is 11.0. The van der Waals surface area contributed by atoms with Crippen LogP contribution in [0.1, 0.15) is 36.7 Å². The predicted molar refractivity (Wildman–Crippen MR) is 92.5 cm³/mol. The SMILES string of the molecule is C#Cc1cccc2cc(C(C)C)n(CCc3cnc[nH]3)c(=O)c12. The van der Waals surface area contributed by atoms with E-state index in [2.05, 4.69) is 35.8 Å². The molecule has 1 aromatic carbocycles. The van der Waals surface area contributed by atoms with Gasteiger partial charge in [-0.3, -0.25) is 4.79 Å². The highest BCUT2D eigenvalue weighted by atomic mass is 16.1. The Hall–Kier alpha value is -2.80. The van der Waals surface area contributed by atoms with Gasteiger partial charge in [0.1, 0.15) is 0 Å². The molecule has 0 fully saturated rings. The lowest BCUT2D eigenvalue weighted by Crippen LogP contribution is -2.26. The summed E-state index contributed by atoms with van der Waals surface area (Å²) in [6.45, 7) is 4.79. The molecular weight excluding hydrogens is 286 g/mol. The molecule has 0 bridgehead atoms. The van der Waals surface area contributed by atoms with E-state index in [1.807, 2.05) is 22.8 Å². The lowest BCUT2D eigenvalue weighted by atomic mass is 10.0. The Kier molecular flexibility index (Phi) is 4.03. The van der Waals surface area contributed by atoms with Crippen LogP contribution in [0.15, 0.2) is 41.6 Å². The summed E-state index contributed by atoms with van der Waals surface area (Å²) in [6.07, 6.45) is 9.73. The number of pyridine rings is 1. The number of fused-ring (bicyclic) bond motifs is 1. The number of benzene rings is 1. The molecule has 4 heteroatoms. The summed E-state index contributed by atoms with van der Waals surface area (Å²) >= 11 is 0. The van der Waals surface area contributed by atoms with Crippen molar-refractivity contribution in [2.45, 2.75) is 32.7 Å². The van der Waals surface area contributed by atoms with Crippen LogP contribution < -0.4 is 5.56 Å². The van der Waals surface area contributed by atoms with E-state index in [9.17, 15) is 4.79 Å². The lowest BCUT2D eigenvalue weighted by molar-refractivity contribution is 0.606. The van der Waals surface area contributed by atoms with Crippen molar-refractivity contribution >= 4 is 10.8 Å². The van der Waals surface area contributed by atoms with E-state index in [0.717, 1.165) is 23.2 Å². The number of aromatic amines is 1. The molecule has 0 amide bonds. The zero-order valence-corrected chi connectivity index (χ0v) is 13.3. The van der Waals surface area contributed by atoms with Crippen LogP contribution in [0.3, 0.4) is 0 Å². The fraction of sp³-hybridized carbons (Fsp3) is 0.263. The van der Waals surface area contributed by atoms with Gasteiger partial charge in [-0.05, 0) is 23.4 Å². The van der Waals surface area contributed by atoms with Crippen molar-refractivity contribution in [2.75, 3.05) is 0 Å². The van der Waals surface area contributed by atoms with Crippen LogP contribution in [0.4, 0.5) is 0 Å². The second-order valence-electron chi connectivity index (χ2n) is 5.92. The molecule has 1 N–H and O–H groups in total. The fourth-order valence-corrected chi connectivity index (χ4v) is 2.90. The van der Waals surface area contributed by atoms with Crippen molar-refractivity contribution in [1.29, 1.82) is 0 Å². The first kappa shape index (κ1) is 15.1. The van der Waals surface area contributed by atoms with Gasteiger partial charge in [0.15, 0.2) is 0 Å². The summed E-state index contributed by atoms with van der Waals surface area (Å²) in [5, 5.41) is 1.54. The molecule has 3 rings (SSSR count). The molecule has 0 aliphatic heterocycles.